The van der Waals surface area contributed by atoms with Crippen molar-refractivity contribution in [3.63, 3.8) is 0 Å². The Balaban J connectivity index is 2.82. The molecule has 2 aromatic rings. The van der Waals surface area contributed by atoms with Crippen molar-refractivity contribution in [2.24, 2.45) is 0 Å². The smallest absolute Gasteiger partial charge is 0.243 e. The number of nitrogens with zero attached hydrogens (tertiary/aromatic N) is 3. The zero-order chi connectivity index (χ0) is 9.42. The van der Waals surface area contributed by atoms with E-state index in [9.17, 15) is 0 Å². The highest BCUT2D eigenvalue weighted by molar-refractivity contribution is 6.28. The molecule has 0 bridgehead atoms. The molecule has 0 aliphatic rings. The Hall–Kier alpha value is -1.55. The van der Waals surface area contributed by atoms with Crippen LogP contribution >= 0.6 is 11.6 Å². The van der Waals surface area contributed by atoms with Gasteiger partial charge in [-0.2, -0.15) is 4.98 Å². The van der Waals surface area contributed by atoms with Gasteiger partial charge in [-0.1, -0.05) is 12.7 Å². The number of nitrogen functional groups attached to an aromatic ring is 1. The number of anilines is 1. The molecule has 0 aliphatic heterocycles. The molecule has 0 spiro atoms. The summed E-state index contributed by atoms with van der Waals surface area (Å²) in [6, 6.07) is 1.85. The second-order valence-corrected chi connectivity index (χ2v) is 2.91. The van der Waals surface area contributed by atoms with Crippen LogP contribution in [0.4, 0.5) is 5.82 Å². The average molecular weight is 195 g/mol. The summed E-state index contributed by atoms with van der Waals surface area (Å²) in [4.78, 5) is 3.83. The molecule has 4 nitrogen and oxygen atoms in total. The summed E-state index contributed by atoms with van der Waals surface area (Å²) in [5, 5.41) is 4.08. The fourth-order valence-corrected chi connectivity index (χ4v) is 1.30. The first kappa shape index (κ1) is 8.07. The van der Waals surface area contributed by atoms with E-state index in [0.29, 0.717) is 5.82 Å². The summed E-state index contributed by atoms with van der Waals surface area (Å²) in [5.74, 6) is 0.369. The number of hydrogen-bond acceptors (Lipinski definition) is 3. The van der Waals surface area contributed by atoms with Gasteiger partial charge in [0, 0.05) is 6.20 Å². The van der Waals surface area contributed by atoms with E-state index in [2.05, 4.69) is 16.7 Å². The van der Waals surface area contributed by atoms with Crippen molar-refractivity contribution in [3.05, 3.63) is 29.7 Å². The van der Waals surface area contributed by atoms with Gasteiger partial charge in [0.15, 0.2) is 5.82 Å². The molecule has 0 radical (unpaired) electrons. The quantitative estimate of drug-likeness (QED) is 0.751. The van der Waals surface area contributed by atoms with E-state index in [4.69, 9.17) is 17.3 Å². The van der Waals surface area contributed by atoms with Crippen molar-refractivity contribution < 1.29 is 0 Å². The topological polar surface area (TPSA) is 56.2 Å². The van der Waals surface area contributed by atoms with Gasteiger partial charge in [-0.15, -0.1) is 5.10 Å². The van der Waals surface area contributed by atoms with Gasteiger partial charge in [0.25, 0.3) is 0 Å². The van der Waals surface area contributed by atoms with E-state index < -0.39 is 0 Å². The molecular weight excluding hydrogens is 188 g/mol. The molecule has 0 fully saturated rings. The van der Waals surface area contributed by atoms with Crippen LogP contribution in [-0.4, -0.2) is 14.6 Å². The molecule has 2 heterocycles. The Bertz CT molecular complexity index is 474. The third-order valence-electron chi connectivity index (χ3n) is 1.72. The number of hydrogen-bond donors (Lipinski definition) is 1. The van der Waals surface area contributed by atoms with Crippen LogP contribution < -0.4 is 5.73 Å². The monoisotopic (exact) mass is 194 g/mol. The highest BCUT2D eigenvalue weighted by Crippen LogP contribution is 2.16. The maximum atomic E-state index is 5.63. The molecule has 0 saturated carbocycles. The molecule has 0 amide bonds. The fraction of sp³-hybridized carbons (Fsp3) is 0. The Kier molecular flexibility index (Phi) is 1.70. The van der Waals surface area contributed by atoms with Gasteiger partial charge >= 0.3 is 0 Å². The lowest BCUT2D eigenvalue weighted by atomic mass is 10.3. The normalized spacial score (nSPS) is 10.5. The Labute approximate surface area is 79.6 Å². The molecule has 0 unspecified atom stereocenters. The molecule has 0 aliphatic carbocycles. The van der Waals surface area contributed by atoms with Crippen molar-refractivity contribution in [1.29, 1.82) is 0 Å². The predicted molar refractivity (Wildman–Crippen MR) is 52.5 cm³/mol. The number of fused-ring (bicyclic) bond motifs is 1. The van der Waals surface area contributed by atoms with Gasteiger partial charge in [0.2, 0.25) is 5.28 Å². The minimum atomic E-state index is 0.135. The lowest BCUT2D eigenvalue weighted by Gasteiger charge is -1.96. The summed E-state index contributed by atoms with van der Waals surface area (Å²) in [7, 11) is 0. The van der Waals surface area contributed by atoms with Gasteiger partial charge in [-0.25, -0.2) is 4.52 Å². The average Bonchev–Trinajstić information content (AvgIpc) is 2.47. The van der Waals surface area contributed by atoms with Gasteiger partial charge in [-0.05, 0) is 23.2 Å². The molecule has 13 heavy (non-hydrogen) atoms. The lowest BCUT2D eigenvalue weighted by molar-refractivity contribution is 0.908. The molecule has 0 atom stereocenters. The van der Waals surface area contributed by atoms with Crippen LogP contribution in [0.3, 0.4) is 0 Å². The third kappa shape index (κ3) is 1.25. The minimum absolute atomic E-state index is 0.135. The molecule has 2 N–H and O–H groups in total. The summed E-state index contributed by atoms with van der Waals surface area (Å²) in [6.07, 6.45) is 3.49. The van der Waals surface area contributed by atoms with Crippen molar-refractivity contribution in [2.75, 3.05) is 5.73 Å². The Morgan fingerprint density at radius 3 is 3.08 bits per heavy atom. The minimum Gasteiger partial charge on any atom is -0.382 e. The zero-order valence-electron chi connectivity index (χ0n) is 6.74. The van der Waals surface area contributed by atoms with Gasteiger partial charge in [0.1, 0.15) is 5.52 Å². The molecule has 66 valence electrons. The van der Waals surface area contributed by atoms with E-state index in [0.717, 1.165) is 11.1 Å². The highest BCUT2D eigenvalue weighted by atomic mass is 35.5. The maximum absolute atomic E-state index is 5.63. The van der Waals surface area contributed by atoms with Gasteiger partial charge in [0.05, 0.1) is 0 Å². The molecular formula is C8H7ClN4. The van der Waals surface area contributed by atoms with E-state index in [-0.39, 0.29) is 5.28 Å². The van der Waals surface area contributed by atoms with Crippen LogP contribution in [0, 0.1) is 0 Å². The number of nitrogens with two attached hydrogens (primary N) is 1. The van der Waals surface area contributed by atoms with Crippen LogP contribution in [0.1, 0.15) is 5.56 Å². The Morgan fingerprint density at radius 2 is 2.38 bits per heavy atom. The van der Waals surface area contributed by atoms with Crippen LogP contribution in [-0.2, 0) is 0 Å². The van der Waals surface area contributed by atoms with Crippen molar-refractivity contribution in [2.45, 2.75) is 0 Å². The second-order valence-electron chi connectivity index (χ2n) is 2.57. The molecule has 0 saturated heterocycles. The Morgan fingerprint density at radius 1 is 1.62 bits per heavy atom. The first-order chi connectivity index (χ1) is 6.20. The third-order valence-corrected chi connectivity index (χ3v) is 1.88. The van der Waals surface area contributed by atoms with Crippen LogP contribution in [0.2, 0.25) is 5.28 Å². The largest absolute Gasteiger partial charge is 0.382 e. The summed E-state index contributed by atoms with van der Waals surface area (Å²) >= 11 is 5.63. The van der Waals surface area contributed by atoms with Crippen LogP contribution in [0.25, 0.3) is 11.6 Å². The first-order valence-corrected chi connectivity index (χ1v) is 4.02. The summed E-state index contributed by atoms with van der Waals surface area (Å²) in [6.45, 7) is 3.64. The van der Waals surface area contributed by atoms with Crippen molar-refractivity contribution >= 4 is 29.0 Å². The summed E-state index contributed by atoms with van der Waals surface area (Å²) < 4.78 is 1.58. The molecule has 2 rings (SSSR count). The SMILES string of the molecule is C=Cc1cc2c(N)nc(Cl)nn2c1. The van der Waals surface area contributed by atoms with Crippen LogP contribution in [0.15, 0.2) is 18.8 Å². The zero-order valence-corrected chi connectivity index (χ0v) is 7.49. The van der Waals surface area contributed by atoms with Crippen molar-refractivity contribution in [3.8, 4) is 0 Å². The fourth-order valence-electron chi connectivity index (χ4n) is 1.13. The number of halogens is 1. The number of rotatable bonds is 1. The van der Waals surface area contributed by atoms with Crippen molar-refractivity contribution in [1.82, 2.24) is 14.6 Å². The molecule has 0 aromatic carbocycles. The van der Waals surface area contributed by atoms with E-state index in [1.807, 2.05) is 6.07 Å². The number of aromatic nitrogens is 3. The lowest BCUT2D eigenvalue weighted by Crippen LogP contribution is -1.99. The van der Waals surface area contributed by atoms with E-state index in [1.165, 1.54) is 0 Å². The van der Waals surface area contributed by atoms with E-state index in [1.54, 1.807) is 16.8 Å². The standard InChI is InChI=1S/C8H7ClN4/c1-2-5-3-6-7(10)11-8(9)12-13(6)4-5/h2-4H,1H2,(H2,10,11,12). The highest BCUT2D eigenvalue weighted by Gasteiger charge is 2.04. The molecule has 5 heteroatoms. The predicted octanol–water partition coefficient (Wildman–Crippen LogP) is 1.61. The first-order valence-electron chi connectivity index (χ1n) is 3.64. The van der Waals surface area contributed by atoms with Gasteiger partial charge in [-0.3, -0.25) is 0 Å². The van der Waals surface area contributed by atoms with Gasteiger partial charge < -0.3 is 5.73 Å². The summed E-state index contributed by atoms with van der Waals surface area (Å²) in [5.41, 5.74) is 7.30. The van der Waals surface area contributed by atoms with Crippen LogP contribution in [0.5, 0.6) is 0 Å². The van der Waals surface area contributed by atoms with E-state index >= 15 is 0 Å². The molecule has 2 aromatic heterocycles. The maximum Gasteiger partial charge on any atom is 0.243 e. The second kappa shape index (κ2) is 2.74.